The zero-order valence-electron chi connectivity index (χ0n) is 7.41. The van der Waals surface area contributed by atoms with E-state index < -0.39 is 5.97 Å². The maximum atomic E-state index is 10.7. The van der Waals surface area contributed by atoms with E-state index in [0.29, 0.717) is 16.5 Å². The minimum atomic E-state index is -0.847. The van der Waals surface area contributed by atoms with Crippen molar-refractivity contribution in [1.82, 2.24) is 4.98 Å². The van der Waals surface area contributed by atoms with Crippen molar-refractivity contribution >= 4 is 17.3 Å². The maximum absolute atomic E-state index is 10.7. The molecule has 1 aromatic heterocycles. The van der Waals surface area contributed by atoms with Crippen LogP contribution in [0.3, 0.4) is 0 Å². The van der Waals surface area contributed by atoms with Crippen LogP contribution in [0.1, 0.15) is 45.6 Å². The molecule has 0 aromatic carbocycles. The molecule has 1 heterocycles. The Kier molecular flexibility index (Phi) is 2.07. The molecule has 1 N–H and O–H groups in total. The van der Waals surface area contributed by atoms with Gasteiger partial charge in [0.15, 0.2) is 0 Å². The quantitative estimate of drug-likeness (QED) is 0.792. The minimum Gasteiger partial charge on any atom is -0.477 e. The summed E-state index contributed by atoms with van der Waals surface area (Å²) in [6.45, 7) is 1.77. The second kappa shape index (κ2) is 3.10. The van der Waals surface area contributed by atoms with E-state index >= 15 is 0 Å². The summed E-state index contributed by atoms with van der Waals surface area (Å²) in [5, 5.41) is 9.84. The second-order valence-electron chi connectivity index (χ2n) is 3.40. The molecule has 1 aromatic rings. The molecule has 0 aliphatic heterocycles. The number of carboxylic acid groups (broad SMARTS) is 1. The molecule has 0 bridgehead atoms. The van der Waals surface area contributed by atoms with Crippen molar-refractivity contribution in [2.24, 2.45) is 0 Å². The minimum absolute atomic E-state index is 0.405. The number of carbonyl (C=O) groups is 1. The average Bonchev–Trinajstić information content (AvgIpc) is 2.27. The highest BCUT2D eigenvalue weighted by atomic mass is 32.1. The normalized spacial score (nSPS) is 17.0. The Morgan fingerprint density at radius 3 is 2.69 bits per heavy atom. The lowest BCUT2D eigenvalue weighted by Crippen LogP contribution is -2.07. The van der Waals surface area contributed by atoms with Crippen molar-refractivity contribution < 1.29 is 9.90 Å². The molecular formula is C9H11NO2S. The van der Waals surface area contributed by atoms with Gasteiger partial charge in [0.25, 0.3) is 0 Å². The molecule has 1 saturated carbocycles. The summed E-state index contributed by atoms with van der Waals surface area (Å²) in [4.78, 5) is 15.4. The van der Waals surface area contributed by atoms with E-state index in [1.54, 1.807) is 6.92 Å². The Balaban J connectivity index is 2.28. The van der Waals surface area contributed by atoms with Crippen LogP contribution >= 0.6 is 11.3 Å². The van der Waals surface area contributed by atoms with Crippen molar-refractivity contribution in [1.29, 1.82) is 0 Å². The van der Waals surface area contributed by atoms with Gasteiger partial charge in [-0.05, 0) is 19.8 Å². The first-order valence-corrected chi connectivity index (χ1v) is 5.20. The Labute approximate surface area is 80.4 Å². The van der Waals surface area contributed by atoms with Crippen molar-refractivity contribution in [3.05, 3.63) is 15.6 Å². The van der Waals surface area contributed by atoms with Gasteiger partial charge in [-0.1, -0.05) is 6.42 Å². The number of aromatic nitrogens is 1. The molecule has 0 unspecified atom stereocenters. The molecule has 1 aliphatic rings. The van der Waals surface area contributed by atoms with Crippen LogP contribution in [0.5, 0.6) is 0 Å². The topological polar surface area (TPSA) is 50.2 Å². The summed E-state index contributed by atoms with van der Waals surface area (Å²) < 4.78 is 0. The molecule has 1 fully saturated rings. The monoisotopic (exact) mass is 197 g/mol. The zero-order chi connectivity index (χ0) is 9.42. The van der Waals surface area contributed by atoms with Crippen LogP contribution in [0.25, 0.3) is 0 Å². The molecule has 4 heteroatoms. The summed E-state index contributed by atoms with van der Waals surface area (Å²) in [6, 6.07) is 0. The first-order chi connectivity index (χ1) is 6.18. The summed E-state index contributed by atoms with van der Waals surface area (Å²) in [5.41, 5.74) is 0.666. The fourth-order valence-electron chi connectivity index (χ4n) is 1.45. The van der Waals surface area contributed by atoms with Gasteiger partial charge in [0.05, 0.1) is 10.7 Å². The number of rotatable bonds is 2. The number of aryl methyl sites for hydroxylation is 1. The highest BCUT2D eigenvalue weighted by Crippen LogP contribution is 2.38. The van der Waals surface area contributed by atoms with Crippen molar-refractivity contribution in [3.8, 4) is 0 Å². The molecule has 1 aliphatic carbocycles. The van der Waals surface area contributed by atoms with Gasteiger partial charge in [-0.15, -0.1) is 11.3 Å². The smallest absolute Gasteiger partial charge is 0.347 e. The van der Waals surface area contributed by atoms with Crippen LogP contribution in [-0.4, -0.2) is 16.1 Å². The lowest BCUT2D eigenvalue weighted by atomic mass is 9.86. The van der Waals surface area contributed by atoms with Crippen molar-refractivity contribution in [2.45, 2.75) is 32.1 Å². The molecule has 0 radical (unpaired) electrons. The van der Waals surface area contributed by atoms with E-state index in [-0.39, 0.29) is 0 Å². The molecular weight excluding hydrogens is 186 g/mol. The van der Waals surface area contributed by atoms with Crippen molar-refractivity contribution in [3.63, 3.8) is 0 Å². The predicted molar refractivity (Wildman–Crippen MR) is 50.4 cm³/mol. The lowest BCUT2D eigenvalue weighted by Gasteiger charge is -2.22. The lowest BCUT2D eigenvalue weighted by molar-refractivity contribution is 0.0701. The van der Waals surface area contributed by atoms with Gasteiger partial charge in [-0.2, -0.15) is 0 Å². The first-order valence-electron chi connectivity index (χ1n) is 4.39. The summed E-state index contributed by atoms with van der Waals surface area (Å²) in [5.74, 6) is -0.308. The van der Waals surface area contributed by atoms with Gasteiger partial charge in [-0.3, -0.25) is 0 Å². The van der Waals surface area contributed by atoms with E-state index in [1.807, 2.05) is 0 Å². The molecule has 0 atom stereocenters. The number of hydrogen-bond acceptors (Lipinski definition) is 3. The highest BCUT2D eigenvalue weighted by Gasteiger charge is 2.25. The van der Waals surface area contributed by atoms with Gasteiger partial charge in [0.2, 0.25) is 0 Å². The van der Waals surface area contributed by atoms with Crippen LogP contribution < -0.4 is 0 Å². The summed E-state index contributed by atoms with van der Waals surface area (Å²) in [6.07, 6.45) is 3.60. The Morgan fingerprint density at radius 2 is 2.31 bits per heavy atom. The number of aromatic carboxylic acids is 1. The van der Waals surface area contributed by atoms with E-state index in [2.05, 4.69) is 4.98 Å². The zero-order valence-corrected chi connectivity index (χ0v) is 8.23. The van der Waals surface area contributed by atoms with Gasteiger partial charge >= 0.3 is 5.97 Å². The van der Waals surface area contributed by atoms with Gasteiger partial charge < -0.3 is 5.11 Å². The molecule has 0 spiro atoms. The van der Waals surface area contributed by atoms with E-state index in [9.17, 15) is 4.79 Å². The molecule has 0 saturated heterocycles. The third-order valence-electron chi connectivity index (χ3n) is 2.46. The Bertz CT molecular complexity index is 341. The average molecular weight is 197 g/mol. The Hall–Kier alpha value is -0.900. The number of carboxylic acids is 1. The number of hydrogen-bond donors (Lipinski definition) is 1. The second-order valence-corrected chi connectivity index (χ2v) is 4.43. The SMILES string of the molecule is Cc1nc(C2CCC2)sc1C(=O)O. The van der Waals surface area contributed by atoms with Crippen LogP contribution in [0.4, 0.5) is 0 Å². The van der Waals surface area contributed by atoms with Gasteiger partial charge in [0.1, 0.15) is 4.88 Å². The number of nitrogens with zero attached hydrogens (tertiary/aromatic N) is 1. The van der Waals surface area contributed by atoms with Crippen LogP contribution in [0.15, 0.2) is 0 Å². The standard InChI is InChI=1S/C9H11NO2S/c1-5-7(9(11)12)13-8(10-5)6-3-2-4-6/h6H,2-4H2,1H3,(H,11,12). The fourth-order valence-corrected chi connectivity index (χ4v) is 2.52. The molecule has 0 amide bonds. The highest BCUT2D eigenvalue weighted by molar-refractivity contribution is 7.13. The summed E-state index contributed by atoms with van der Waals surface area (Å²) in [7, 11) is 0. The molecule has 70 valence electrons. The van der Waals surface area contributed by atoms with Gasteiger partial charge in [-0.25, -0.2) is 9.78 Å². The largest absolute Gasteiger partial charge is 0.477 e. The predicted octanol–water partition coefficient (Wildman–Crippen LogP) is 2.42. The Morgan fingerprint density at radius 1 is 1.62 bits per heavy atom. The number of thiazole rings is 1. The fraction of sp³-hybridized carbons (Fsp3) is 0.556. The third-order valence-corrected chi connectivity index (χ3v) is 3.77. The van der Waals surface area contributed by atoms with Gasteiger partial charge in [0, 0.05) is 5.92 Å². The molecule has 3 nitrogen and oxygen atoms in total. The molecule has 2 rings (SSSR count). The van der Waals surface area contributed by atoms with Crippen LogP contribution in [0, 0.1) is 6.92 Å². The van der Waals surface area contributed by atoms with Crippen LogP contribution in [-0.2, 0) is 0 Å². The van der Waals surface area contributed by atoms with E-state index in [1.165, 1.54) is 30.6 Å². The van der Waals surface area contributed by atoms with Crippen molar-refractivity contribution in [2.75, 3.05) is 0 Å². The summed E-state index contributed by atoms with van der Waals surface area (Å²) >= 11 is 1.34. The van der Waals surface area contributed by atoms with E-state index in [4.69, 9.17) is 5.11 Å². The first kappa shape index (κ1) is 8.69. The van der Waals surface area contributed by atoms with E-state index in [0.717, 1.165) is 5.01 Å². The maximum Gasteiger partial charge on any atom is 0.347 e. The van der Waals surface area contributed by atoms with Crippen LogP contribution in [0.2, 0.25) is 0 Å². The molecule has 13 heavy (non-hydrogen) atoms. The third kappa shape index (κ3) is 1.46.